The number of thiazole rings is 1. The number of ether oxygens (including phenoxy) is 1. The van der Waals surface area contributed by atoms with Crippen LogP contribution in [-0.4, -0.2) is 31.2 Å². The summed E-state index contributed by atoms with van der Waals surface area (Å²) in [6.45, 7) is 3.72. The van der Waals surface area contributed by atoms with E-state index in [2.05, 4.69) is 4.99 Å². The van der Waals surface area contributed by atoms with E-state index >= 15 is 0 Å². The molecule has 10 heteroatoms. The number of esters is 1. The molecule has 5 rings (SSSR count). The number of carbonyl (C=O) groups excluding carboxylic acids is 1. The standard InChI is InChI=1S/C29H25Cl2N3O4S/c1-5-37-28(36)25-16(2)32-29-34(26(25)17-6-9-19(10-7-17)33(3)4)27(35)24(39-29)15-20-11-13-23(38-20)21-14-18(30)8-12-22(21)31/h6-15,26H,5H2,1-4H3/b24-15-/t26-/m1/s1. The van der Waals surface area contributed by atoms with Gasteiger partial charge in [0.1, 0.15) is 11.5 Å². The van der Waals surface area contributed by atoms with E-state index in [0.29, 0.717) is 47.7 Å². The average molecular weight is 583 g/mol. The van der Waals surface area contributed by atoms with Crippen LogP contribution in [0.25, 0.3) is 17.4 Å². The van der Waals surface area contributed by atoms with Gasteiger partial charge in [0.2, 0.25) is 0 Å². The van der Waals surface area contributed by atoms with Crippen LogP contribution in [-0.2, 0) is 9.53 Å². The van der Waals surface area contributed by atoms with Gasteiger partial charge in [0, 0.05) is 36.4 Å². The number of nitrogens with zero attached hydrogens (tertiary/aromatic N) is 3. The van der Waals surface area contributed by atoms with Crippen LogP contribution < -0.4 is 19.8 Å². The van der Waals surface area contributed by atoms with Crippen molar-refractivity contribution in [2.24, 2.45) is 4.99 Å². The first-order valence-corrected chi connectivity index (χ1v) is 13.8. The minimum absolute atomic E-state index is 0.212. The minimum atomic E-state index is -0.684. The number of halogens is 2. The number of aromatic nitrogens is 1. The number of carbonyl (C=O) groups is 1. The minimum Gasteiger partial charge on any atom is -0.463 e. The van der Waals surface area contributed by atoms with Crippen LogP contribution in [0.1, 0.15) is 31.2 Å². The van der Waals surface area contributed by atoms with Crippen molar-refractivity contribution in [3.05, 3.63) is 107 Å². The number of fused-ring (bicyclic) bond motifs is 1. The van der Waals surface area contributed by atoms with E-state index in [1.54, 1.807) is 54.8 Å². The summed E-state index contributed by atoms with van der Waals surface area (Å²) in [7, 11) is 3.90. The summed E-state index contributed by atoms with van der Waals surface area (Å²) < 4.78 is 13.3. The summed E-state index contributed by atoms with van der Waals surface area (Å²) in [5.74, 6) is 0.504. The lowest BCUT2D eigenvalue weighted by Gasteiger charge is -2.25. The van der Waals surface area contributed by atoms with E-state index in [4.69, 9.17) is 32.4 Å². The molecule has 1 aliphatic rings. The lowest BCUT2D eigenvalue weighted by Crippen LogP contribution is -2.39. The first-order chi connectivity index (χ1) is 18.7. The lowest BCUT2D eigenvalue weighted by molar-refractivity contribution is -0.139. The topological polar surface area (TPSA) is 77.0 Å². The molecule has 1 atom stereocenters. The Kier molecular flexibility index (Phi) is 7.53. The third-order valence-electron chi connectivity index (χ3n) is 6.34. The highest BCUT2D eigenvalue weighted by Gasteiger charge is 2.33. The fourth-order valence-electron chi connectivity index (χ4n) is 4.45. The van der Waals surface area contributed by atoms with Crippen LogP contribution in [0.2, 0.25) is 10.0 Å². The summed E-state index contributed by atoms with van der Waals surface area (Å²) in [5.41, 5.74) is 3.00. The van der Waals surface area contributed by atoms with Gasteiger partial charge in [-0.15, -0.1) is 0 Å². The number of hydrogen-bond acceptors (Lipinski definition) is 7. The van der Waals surface area contributed by atoms with Gasteiger partial charge in [0.25, 0.3) is 5.56 Å². The van der Waals surface area contributed by atoms with Gasteiger partial charge in [-0.2, -0.15) is 0 Å². The lowest BCUT2D eigenvalue weighted by atomic mass is 9.95. The third kappa shape index (κ3) is 5.20. The number of hydrogen-bond donors (Lipinski definition) is 0. The molecule has 0 bridgehead atoms. The summed E-state index contributed by atoms with van der Waals surface area (Å²) in [6, 6.07) is 15.7. The largest absolute Gasteiger partial charge is 0.463 e. The number of benzene rings is 2. The Morgan fingerprint density at radius 2 is 1.90 bits per heavy atom. The van der Waals surface area contributed by atoms with Gasteiger partial charge in [0.05, 0.1) is 33.5 Å². The van der Waals surface area contributed by atoms with Crippen LogP contribution in [0, 0.1) is 0 Å². The van der Waals surface area contributed by atoms with Crippen LogP contribution in [0.5, 0.6) is 0 Å². The van der Waals surface area contributed by atoms with Crippen molar-refractivity contribution in [3.63, 3.8) is 0 Å². The Hall–Kier alpha value is -3.59. The number of allylic oxidation sites excluding steroid dienone is 1. The van der Waals surface area contributed by atoms with Gasteiger partial charge in [-0.25, -0.2) is 9.79 Å². The number of rotatable bonds is 6. The summed E-state index contributed by atoms with van der Waals surface area (Å²) >= 11 is 13.7. The quantitative estimate of drug-likeness (QED) is 0.284. The monoisotopic (exact) mass is 581 g/mol. The van der Waals surface area contributed by atoms with Crippen LogP contribution >= 0.6 is 34.5 Å². The Morgan fingerprint density at radius 1 is 1.15 bits per heavy atom. The number of anilines is 1. The molecule has 2 aromatic carbocycles. The normalized spacial score (nSPS) is 15.2. The van der Waals surface area contributed by atoms with Gasteiger partial charge >= 0.3 is 5.97 Å². The van der Waals surface area contributed by atoms with E-state index in [-0.39, 0.29) is 12.2 Å². The zero-order chi connectivity index (χ0) is 27.8. The molecular formula is C29H25Cl2N3O4S. The molecule has 0 saturated carbocycles. The molecular weight excluding hydrogens is 557 g/mol. The Morgan fingerprint density at radius 3 is 2.59 bits per heavy atom. The highest BCUT2D eigenvalue weighted by Crippen LogP contribution is 2.33. The van der Waals surface area contributed by atoms with Crippen molar-refractivity contribution in [3.8, 4) is 11.3 Å². The Balaban J connectivity index is 1.63. The van der Waals surface area contributed by atoms with Crippen LogP contribution in [0.15, 0.2) is 80.1 Å². The van der Waals surface area contributed by atoms with Gasteiger partial charge in [-0.1, -0.05) is 46.7 Å². The number of furan rings is 1. The van der Waals surface area contributed by atoms with Crippen molar-refractivity contribution in [1.82, 2.24) is 4.57 Å². The highest BCUT2D eigenvalue weighted by atomic mass is 35.5. The molecule has 4 aromatic rings. The van der Waals surface area contributed by atoms with Crippen LogP contribution in [0.3, 0.4) is 0 Å². The average Bonchev–Trinajstić information content (AvgIpc) is 3.49. The molecule has 0 saturated heterocycles. The second kappa shape index (κ2) is 10.9. The molecule has 7 nitrogen and oxygen atoms in total. The molecule has 0 aliphatic carbocycles. The molecule has 39 heavy (non-hydrogen) atoms. The van der Waals surface area contributed by atoms with Crippen molar-refractivity contribution in [2.75, 3.05) is 25.6 Å². The zero-order valence-corrected chi connectivity index (χ0v) is 24.0. The predicted octanol–water partition coefficient (Wildman–Crippen LogP) is 5.43. The zero-order valence-electron chi connectivity index (χ0n) is 21.7. The molecule has 0 unspecified atom stereocenters. The first kappa shape index (κ1) is 27.0. The molecule has 0 amide bonds. The van der Waals surface area contributed by atoms with Crippen molar-refractivity contribution < 1.29 is 13.9 Å². The summed E-state index contributed by atoms with van der Waals surface area (Å²) in [6.07, 6.45) is 1.67. The van der Waals surface area contributed by atoms with Gasteiger partial charge < -0.3 is 14.1 Å². The van der Waals surface area contributed by atoms with Crippen molar-refractivity contribution in [1.29, 1.82) is 0 Å². The van der Waals surface area contributed by atoms with Crippen LogP contribution in [0.4, 0.5) is 5.69 Å². The van der Waals surface area contributed by atoms with Crippen molar-refractivity contribution in [2.45, 2.75) is 19.9 Å². The highest BCUT2D eigenvalue weighted by molar-refractivity contribution is 7.07. The predicted molar refractivity (Wildman–Crippen MR) is 155 cm³/mol. The molecule has 0 radical (unpaired) electrons. The SMILES string of the molecule is CCOC(=O)C1=C(C)N=c2s/c(=C\c3ccc(-c4cc(Cl)ccc4Cl)o3)c(=O)n2[C@@H]1c1ccc(N(C)C)cc1. The Labute approximate surface area is 238 Å². The van der Waals surface area contributed by atoms with E-state index in [1.807, 2.05) is 43.3 Å². The smallest absolute Gasteiger partial charge is 0.338 e. The van der Waals surface area contributed by atoms with Gasteiger partial charge in [-0.3, -0.25) is 9.36 Å². The summed E-state index contributed by atoms with van der Waals surface area (Å²) in [4.78, 5) is 34.0. The fraction of sp³-hybridized carbons (Fsp3) is 0.207. The van der Waals surface area contributed by atoms with E-state index in [0.717, 1.165) is 11.3 Å². The first-order valence-electron chi connectivity index (χ1n) is 12.2. The second-order valence-corrected chi connectivity index (χ2v) is 11.0. The second-order valence-electron chi connectivity index (χ2n) is 9.11. The molecule has 3 heterocycles. The third-order valence-corrected chi connectivity index (χ3v) is 7.88. The van der Waals surface area contributed by atoms with E-state index < -0.39 is 12.0 Å². The van der Waals surface area contributed by atoms with Gasteiger partial charge in [-0.05, 0) is 61.9 Å². The van der Waals surface area contributed by atoms with E-state index in [1.165, 1.54) is 11.3 Å². The van der Waals surface area contributed by atoms with Crippen molar-refractivity contribution >= 4 is 52.3 Å². The van der Waals surface area contributed by atoms with Gasteiger partial charge in [0.15, 0.2) is 4.80 Å². The molecule has 1 aliphatic heterocycles. The Bertz CT molecular complexity index is 1780. The molecule has 0 N–H and O–H groups in total. The maximum absolute atomic E-state index is 13.8. The summed E-state index contributed by atoms with van der Waals surface area (Å²) in [5, 5.41) is 1.04. The molecule has 200 valence electrons. The maximum atomic E-state index is 13.8. The molecule has 0 spiro atoms. The molecule has 0 fully saturated rings. The maximum Gasteiger partial charge on any atom is 0.338 e. The molecule has 2 aromatic heterocycles. The van der Waals surface area contributed by atoms with E-state index in [9.17, 15) is 9.59 Å². The fourth-order valence-corrected chi connectivity index (χ4v) is 5.86.